The number of rotatable bonds is 4. The summed E-state index contributed by atoms with van der Waals surface area (Å²) in [5.41, 5.74) is 1.34. The summed E-state index contributed by atoms with van der Waals surface area (Å²) in [6.07, 6.45) is 0. The van der Waals surface area contributed by atoms with Crippen LogP contribution in [-0.2, 0) is 11.1 Å². The van der Waals surface area contributed by atoms with E-state index in [1.807, 2.05) is 31.2 Å². The Hall–Kier alpha value is -2.77. The van der Waals surface area contributed by atoms with Crippen molar-refractivity contribution in [1.82, 2.24) is 0 Å². The molecule has 0 saturated heterocycles. The van der Waals surface area contributed by atoms with E-state index in [1.165, 1.54) is 7.11 Å². The highest BCUT2D eigenvalue weighted by Crippen LogP contribution is 2.43. The van der Waals surface area contributed by atoms with Crippen LogP contribution < -0.4 is 4.74 Å². The van der Waals surface area contributed by atoms with Gasteiger partial charge >= 0.3 is 0 Å². The van der Waals surface area contributed by atoms with E-state index in [2.05, 4.69) is 10.2 Å². The molecule has 0 aliphatic rings. The van der Waals surface area contributed by atoms with Crippen molar-refractivity contribution in [2.45, 2.75) is 11.8 Å². The molecule has 3 aromatic carbocycles. The van der Waals surface area contributed by atoms with Gasteiger partial charge in [-0.05, 0) is 36.1 Å². The van der Waals surface area contributed by atoms with Gasteiger partial charge in [0.05, 0.1) is 12.0 Å². The van der Waals surface area contributed by atoms with E-state index in [1.54, 1.807) is 24.3 Å². The first-order valence-corrected chi connectivity index (χ1v) is 8.54. The Bertz CT molecular complexity index is 1000. The molecule has 6 nitrogen and oxygen atoms in total. The van der Waals surface area contributed by atoms with Crippen LogP contribution in [0, 0.1) is 6.92 Å². The smallest absolute Gasteiger partial charge is 0.188 e. The van der Waals surface area contributed by atoms with Crippen LogP contribution in [0.3, 0.4) is 0 Å². The molecule has 0 aromatic heterocycles. The predicted octanol–water partition coefficient (Wildman–Crippen LogP) is 4.86. The molecule has 0 aliphatic carbocycles. The van der Waals surface area contributed by atoms with E-state index in [0.717, 1.165) is 10.9 Å². The number of azo groups is 1. The van der Waals surface area contributed by atoms with Gasteiger partial charge in [-0.2, -0.15) is 0 Å². The predicted molar refractivity (Wildman–Crippen MR) is 96.6 cm³/mol. The van der Waals surface area contributed by atoms with Crippen molar-refractivity contribution < 1.29 is 18.6 Å². The summed E-state index contributed by atoms with van der Waals surface area (Å²) in [4.78, 5) is 0.162. The monoisotopic (exact) mass is 356 g/mol. The lowest BCUT2D eigenvalue weighted by atomic mass is 10.1. The molecule has 0 aliphatic heterocycles. The standard InChI is InChI=1S/C18H16N2O4S/c1-11-7-8-14(16(9-11)25(22)23)19-20-17-13-6-4-3-5-12(13)10-15(24-2)18(17)21/h3-10,21H,1-2H3,(H,22,23). The highest BCUT2D eigenvalue weighted by molar-refractivity contribution is 7.79. The van der Waals surface area contributed by atoms with Gasteiger partial charge in [0.1, 0.15) is 11.4 Å². The second kappa shape index (κ2) is 7.00. The molecule has 128 valence electrons. The first-order chi connectivity index (χ1) is 12.0. The van der Waals surface area contributed by atoms with Crippen LogP contribution in [0.25, 0.3) is 10.8 Å². The average molecular weight is 356 g/mol. The lowest BCUT2D eigenvalue weighted by molar-refractivity contribution is 0.375. The Morgan fingerprint density at radius 2 is 1.84 bits per heavy atom. The number of methoxy groups -OCH3 is 1. The van der Waals surface area contributed by atoms with E-state index < -0.39 is 11.1 Å². The van der Waals surface area contributed by atoms with Crippen LogP contribution in [0.15, 0.2) is 63.7 Å². The number of benzene rings is 3. The molecule has 7 heteroatoms. The van der Waals surface area contributed by atoms with E-state index in [4.69, 9.17) is 4.74 Å². The van der Waals surface area contributed by atoms with Gasteiger partial charge in [0.25, 0.3) is 0 Å². The van der Waals surface area contributed by atoms with Gasteiger partial charge in [-0.1, -0.05) is 30.3 Å². The maximum atomic E-state index is 11.5. The van der Waals surface area contributed by atoms with Crippen molar-refractivity contribution in [2.75, 3.05) is 7.11 Å². The minimum atomic E-state index is -2.19. The summed E-state index contributed by atoms with van der Waals surface area (Å²) >= 11 is -2.19. The number of aromatic hydroxyl groups is 1. The maximum absolute atomic E-state index is 11.5. The first kappa shape index (κ1) is 17.1. The van der Waals surface area contributed by atoms with Gasteiger partial charge in [0.15, 0.2) is 22.6 Å². The molecule has 1 unspecified atom stereocenters. The minimum absolute atomic E-state index is 0.135. The first-order valence-electron chi connectivity index (χ1n) is 7.43. The second-order valence-electron chi connectivity index (χ2n) is 5.42. The zero-order valence-electron chi connectivity index (χ0n) is 13.6. The summed E-state index contributed by atoms with van der Waals surface area (Å²) in [6, 6.07) is 14.0. The maximum Gasteiger partial charge on any atom is 0.188 e. The number of phenolic OH excluding ortho intramolecular Hbond substituents is 1. The van der Waals surface area contributed by atoms with E-state index in [-0.39, 0.29) is 27.8 Å². The summed E-state index contributed by atoms with van der Waals surface area (Å²) in [5.74, 6) is 0.145. The molecule has 3 rings (SSSR count). The van der Waals surface area contributed by atoms with E-state index in [0.29, 0.717) is 5.39 Å². The summed E-state index contributed by atoms with van der Waals surface area (Å²) in [5, 5.41) is 20.1. The molecule has 0 spiro atoms. The van der Waals surface area contributed by atoms with E-state index in [9.17, 15) is 13.9 Å². The van der Waals surface area contributed by atoms with Crippen molar-refractivity contribution >= 4 is 33.2 Å². The van der Waals surface area contributed by atoms with Crippen LogP contribution in [0.1, 0.15) is 5.56 Å². The van der Waals surface area contributed by atoms with Crippen molar-refractivity contribution in [3.05, 3.63) is 54.1 Å². The van der Waals surface area contributed by atoms with Gasteiger partial charge in [0.2, 0.25) is 0 Å². The molecule has 0 radical (unpaired) electrons. The lowest BCUT2D eigenvalue weighted by Crippen LogP contribution is -1.89. The van der Waals surface area contributed by atoms with Gasteiger partial charge in [-0.15, -0.1) is 10.2 Å². The fourth-order valence-electron chi connectivity index (χ4n) is 2.50. The minimum Gasteiger partial charge on any atom is -0.503 e. The third-order valence-corrected chi connectivity index (χ3v) is 4.44. The van der Waals surface area contributed by atoms with Crippen molar-refractivity contribution in [3.63, 3.8) is 0 Å². The number of ether oxygens (including phenoxy) is 1. The van der Waals surface area contributed by atoms with Crippen LogP contribution >= 0.6 is 0 Å². The third kappa shape index (κ3) is 3.38. The molecule has 0 heterocycles. The van der Waals surface area contributed by atoms with Gasteiger partial charge in [-0.3, -0.25) is 0 Å². The molecule has 0 bridgehead atoms. The van der Waals surface area contributed by atoms with Crippen molar-refractivity contribution in [1.29, 1.82) is 0 Å². The molecule has 3 aromatic rings. The quantitative estimate of drug-likeness (QED) is 0.516. The number of hydrogen-bond acceptors (Lipinski definition) is 5. The molecule has 0 amide bonds. The van der Waals surface area contributed by atoms with Crippen molar-refractivity contribution in [2.24, 2.45) is 10.2 Å². The third-order valence-electron chi connectivity index (χ3n) is 3.74. The van der Waals surface area contributed by atoms with Gasteiger partial charge < -0.3 is 14.4 Å². The molecule has 2 N–H and O–H groups in total. The molecular weight excluding hydrogens is 340 g/mol. The Morgan fingerprint density at radius 3 is 2.56 bits per heavy atom. The van der Waals surface area contributed by atoms with Crippen LogP contribution in [0.4, 0.5) is 11.4 Å². The largest absolute Gasteiger partial charge is 0.503 e. The number of hydrogen-bond donors (Lipinski definition) is 2. The fraction of sp³-hybridized carbons (Fsp3) is 0.111. The van der Waals surface area contributed by atoms with E-state index >= 15 is 0 Å². The summed E-state index contributed by atoms with van der Waals surface area (Å²) in [7, 11) is 1.46. The highest BCUT2D eigenvalue weighted by atomic mass is 32.2. The van der Waals surface area contributed by atoms with Crippen LogP contribution in [0.2, 0.25) is 0 Å². The molecule has 1 atom stereocenters. The Morgan fingerprint density at radius 1 is 1.08 bits per heavy atom. The zero-order valence-corrected chi connectivity index (χ0v) is 14.4. The average Bonchev–Trinajstić information content (AvgIpc) is 2.61. The highest BCUT2D eigenvalue weighted by Gasteiger charge is 2.14. The number of phenols is 1. The molecule has 25 heavy (non-hydrogen) atoms. The number of nitrogens with zero attached hydrogens (tertiary/aromatic N) is 2. The second-order valence-corrected chi connectivity index (χ2v) is 6.36. The summed E-state index contributed by atoms with van der Waals surface area (Å²) < 4.78 is 26.1. The van der Waals surface area contributed by atoms with Gasteiger partial charge in [0, 0.05) is 5.39 Å². The number of aryl methyl sites for hydroxylation is 1. The Labute approximate surface area is 147 Å². The molecular formula is C18H16N2O4S. The van der Waals surface area contributed by atoms with Crippen LogP contribution in [0.5, 0.6) is 11.5 Å². The topological polar surface area (TPSA) is 91.5 Å². The number of fused-ring (bicyclic) bond motifs is 1. The SMILES string of the molecule is COc1cc2ccccc2c(N=Nc2ccc(C)cc2S(=O)O)c1O. The Balaban J connectivity index is 2.17. The van der Waals surface area contributed by atoms with Gasteiger partial charge in [-0.25, -0.2) is 4.21 Å². The van der Waals surface area contributed by atoms with Crippen LogP contribution in [-0.4, -0.2) is 21.0 Å². The lowest BCUT2D eigenvalue weighted by Gasteiger charge is -2.09. The zero-order chi connectivity index (χ0) is 18.0. The molecule has 0 saturated carbocycles. The summed E-state index contributed by atoms with van der Waals surface area (Å²) in [6.45, 7) is 1.82. The van der Waals surface area contributed by atoms with Crippen molar-refractivity contribution in [3.8, 4) is 11.5 Å². The molecule has 0 fully saturated rings. The normalized spacial score (nSPS) is 12.6. The Kier molecular flexibility index (Phi) is 4.78. The fourth-order valence-corrected chi connectivity index (χ4v) is 3.07.